The molecule has 9 atom stereocenters. The van der Waals surface area contributed by atoms with Crippen molar-refractivity contribution in [2.45, 2.75) is 211 Å². The lowest BCUT2D eigenvalue weighted by atomic mass is 9.65. The molecule has 0 spiro atoms. The Kier molecular flexibility index (Phi) is 22.3. The van der Waals surface area contributed by atoms with E-state index in [0.29, 0.717) is 5.92 Å². The topological polar surface area (TPSA) is 12.0 Å². The maximum Gasteiger partial charge on any atom is 0.0232 e. The zero-order valence-electron chi connectivity index (χ0n) is 33.8. The molecule has 0 heterocycles. The average Bonchev–Trinajstić information content (AvgIpc) is 3.00. The number of hydrogen-bond donors (Lipinski definition) is 1. The molecule has 1 fully saturated rings. The first-order valence-corrected chi connectivity index (χ1v) is 21.1. The van der Waals surface area contributed by atoms with Crippen LogP contribution in [0.4, 0.5) is 0 Å². The van der Waals surface area contributed by atoms with E-state index in [1.54, 1.807) is 0 Å². The zero-order chi connectivity index (χ0) is 34.0. The van der Waals surface area contributed by atoms with Crippen LogP contribution in [0.1, 0.15) is 206 Å². The van der Waals surface area contributed by atoms with Crippen molar-refractivity contribution < 1.29 is 0 Å². The molecule has 45 heavy (non-hydrogen) atoms. The Labute approximate surface area is 287 Å². The first-order chi connectivity index (χ1) is 21.3. The summed E-state index contributed by atoms with van der Waals surface area (Å²) >= 11 is 0. The molecule has 0 saturated heterocycles. The summed E-state index contributed by atoms with van der Waals surface area (Å²) in [5, 5.41) is 4.42. The van der Waals surface area contributed by atoms with Crippen molar-refractivity contribution in [3.8, 4) is 0 Å². The summed E-state index contributed by atoms with van der Waals surface area (Å²) < 4.78 is 0. The molecule has 0 aromatic rings. The Morgan fingerprint density at radius 2 is 1.24 bits per heavy atom. The van der Waals surface area contributed by atoms with Gasteiger partial charge >= 0.3 is 0 Å². The van der Waals surface area contributed by atoms with Gasteiger partial charge in [-0.05, 0) is 117 Å². The molecule has 0 radical (unpaired) electrons. The predicted molar refractivity (Wildman–Crippen MR) is 206 cm³/mol. The van der Waals surface area contributed by atoms with Gasteiger partial charge in [-0.25, -0.2) is 0 Å². The van der Waals surface area contributed by atoms with Crippen molar-refractivity contribution in [2.75, 3.05) is 6.54 Å². The maximum atomic E-state index is 4.42. The predicted octanol–water partition coefficient (Wildman–Crippen LogP) is 14.4. The summed E-state index contributed by atoms with van der Waals surface area (Å²) in [6, 6.07) is 0. The summed E-state index contributed by atoms with van der Waals surface area (Å²) in [4.78, 5) is 0. The van der Waals surface area contributed by atoms with Crippen LogP contribution in [0.3, 0.4) is 0 Å². The fourth-order valence-corrected chi connectivity index (χ4v) is 9.71. The summed E-state index contributed by atoms with van der Waals surface area (Å²) in [6.07, 6.45) is 25.2. The van der Waals surface area contributed by atoms with Crippen molar-refractivity contribution in [1.29, 1.82) is 0 Å². The van der Waals surface area contributed by atoms with Crippen molar-refractivity contribution in [3.63, 3.8) is 0 Å². The minimum atomic E-state index is 0.243. The number of nitrogens with one attached hydrogen (secondary N) is 1. The molecule has 0 bridgehead atoms. The van der Waals surface area contributed by atoms with Gasteiger partial charge in [0.05, 0.1) is 0 Å². The van der Waals surface area contributed by atoms with Gasteiger partial charge in [-0.2, -0.15) is 0 Å². The van der Waals surface area contributed by atoms with Crippen molar-refractivity contribution in [1.82, 2.24) is 5.32 Å². The van der Waals surface area contributed by atoms with Crippen molar-refractivity contribution in [3.05, 3.63) is 0 Å². The molecule has 1 nitrogen and oxygen atoms in total. The van der Waals surface area contributed by atoms with Crippen LogP contribution in [-0.2, 0) is 0 Å². The van der Waals surface area contributed by atoms with Crippen LogP contribution >= 0.6 is 0 Å². The van der Waals surface area contributed by atoms with Gasteiger partial charge in [0.2, 0.25) is 0 Å². The molecule has 1 heteroatoms. The van der Waals surface area contributed by atoms with E-state index in [0.717, 1.165) is 59.2 Å². The highest BCUT2D eigenvalue weighted by atomic mass is 15.0. The minimum Gasteiger partial charge on any atom is -0.311 e. The van der Waals surface area contributed by atoms with Gasteiger partial charge in [-0.1, -0.05) is 161 Å². The fraction of sp³-hybridized carbons (Fsp3) is 1.00. The van der Waals surface area contributed by atoms with Crippen LogP contribution in [0.2, 0.25) is 0 Å². The summed E-state index contributed by atoms with van der Waals surface area (Å²) in [5.41, 5.74) is 0.243. The van der Waals surface area contributed by atoms with E-state index in [4.69, 9.17) is 0 Å². The van der Waals surface area contributed by atoms with Gasteiger partial charge in [0.25, 0.3) is 0 Å². The second kappa shape index (κ2) is 23.3. The molecule has 1 aliphatic carbocycles. The smallest absolute Gasteiger partial charge is 0.0232 e. The Morgan fingerprint density at radius 1 is 0.622 bits per heavy atom. The fourth-order valence-electron chi connectivity index (χ4n) is 9.71. The third-order valence-corrected chi connectivity index (χ3v) is 13.8. The van der Waals surface area contributed by atoms with E-state index in [1.807, 2.05) is 0 Å². The van der Waals surface area contributed by atoms with Gasteiger partial charge in [0.1, 0.15) is 0 Å². The molecule has 0 aromatic heterocycles. The summed E-state index contributed by atoms with van der Waals surface area (Å²) in [7, 11) is 0. The van der Waals surface area contributed by atoms with E-state index in [9.17, 15) is 0 Å². The number of unbranched alkanes of at least 4 members (excludes halogenated alkanes) is 3. The standard InChI is InChI=1S/C44H89N/c1-14-17-18-19-22-35(8)23-20-24-40(13)44(34(6)7,45-30-21-25-41(15-2)16-3)32-42-28-26-36(9)37(10)27-29-43(33(4)5)39(12)31-38(42)11/h33-43,45H,14-32H2,1-13H3. The van der Waals surface area contributed by atoms with Gasteiger partial charge in [0.15, 0.2) is 0 Å². The number of rotatable bonds is 21. The Hall–Kier alpha value is -0.0400. The van der Waals surface area contributed by atoms with Gasteiger partial charge in [0, 0.05) is 5.54 Å². The van der Waals surface area contributed by atoms with E-state index >= 15 is 0 Å². The molecule has 9 unspecified atom stereocenters. The molecular formula is C44H89N. The zero-order valence-corrected chi connectivity index (χ0v) is 33.8. The molecule has 0 aromatic carbocycles. The lowest BCUT2D eigenvalue weighted by Crippen LogP contribution is -2.56. The molecule has 270 valence electrons. The largest absolute Gasteiger partial charge is 0.311 e. The highest BCUT2D eigenvalue weighted by molar-refractivity contribution is 4.98. The van der Waals surface area contributed by atoms with Crippen LogP contribution in [0.5, 0.6) is 0 Å². The summed E-state index contributed by atoms with van der Waals surface area (Å²) in [6.45, 7) is 34.0. The average molecular weight is 632 g/mol. The van der Waals surface area contributed by atoms with Crippen LogP contribution in [-0.4, -0.2) is 12.1 Å². The molecule has 1 saturated carbocycles. The maximum absolute atomic E-state index is 4.42. The molecule has 1 N–H and O–H groups in total. The monoisotopic (exact) mass is 632 g/mol. The Balaban J connectivity index is 3.22. The molecule has 0 aliphatic heterocycles. The quantitative estimate of drug-likeness (QED) is 0.124. The Morgan fingerprint density at radius 3 is 1.82 bits per heavy atom. The van der Waals surface area contributed by atoms with Gasteiger partial charge in [-0.15, -0.1) is 0 Å². The van der Waals surface area contributed by atoms with Crippen molar-refractivity contribution >= 4 is 0 Å². The van der Waals surface area contributed by atoms with Crippen LogP contribution in [0.15, 0.2) is 0 Å². The molecular weight excluding hydrogens is 542 g/mol. The first kappa shape index (κ1) is 43.0. The normalized spacial score (nSPS) is 28.3. The van der Waals surface area contributed by atoms with Gasteiger partial charge < -0.3 is 5.32 Å². The minimum absolute atomic E-state index is 0.243. The first-order valence-electron chi connectivity index (χ1n) is 21.1. The molecule has 1 aliphatic rings. The van der Waals surface area contributed by atoms with E-state index in [1.165, 1.54) is 122 Å². The van der Waals surface area contributed by atoms with E-state index in [-0.39, 0.29) is 5.54 Å². The molecule has 0 amide bonds. The van der Waals surface area contributed by atoms with Crippen LogP contribution in [0.25, 0.3) is 0 Å². The second-order valence-electron chi connectivity index (χ2n) is 17.9. The number of hydrogen-bond acceptors (Lipinski definition) is 1. The van der Waals surface area contributed by atoms with Crippen LogP contribution in [0, 0.1) is 65.1 Å². The summed E-state index contributed by atoms with van der Waals surface area (Å²) in [5.74, 6) is 9.01. The highest BCUT2D eigenvalue weighted by Gasteiger charge is 2.42. The molecule has 1 rings (SSSR count). The Bertz CT molecular complexity index is 693. The van der Waals surface area contributed by atoms with E-state index < -0.39 is 0 Å². The lowest BCUT2D eigenvalue weighted by Gasteiger charge is -2.48. The highest BCUT2D eigenvalue weighted by Crippen LogP contribution is 2.44. The third-order valence-electron chi connectivity index (χ3n) is 13.8. The SMILES string of the molecule is CCCCCCC(C)CCCC(C)C(CC1CCC(C)C(C)CCC(C(C)C)C(C)CC1C)(NCCCC(CC)CC)C(C)C. The van der Waals surface area contributed by atoms with E-state index in [2.05, 4.69) is 95.3 Å². The second-order valence-corrected chi connectivity index (χ2v) is 17.9. The van der Waals surface area contributed by atoms with Crippen LogP contribution < -0.4 is 5.32 Å². The lowest BCUT2D eigenvalue weighted by molar-refractivity contribution is 0.0783. The van der Waals surface area contributed by atoms with Crippen molar-refractivity contribution in [2.24, 2.45) is 65.1 Å². The van der Waals surface area contributed by atoms with Gasteiger partial charge in [-0.3, -0.25) is 0 Å². The third kappa shape index (κ3) is 15.4.